The molecule has 0 unspecified atom stereocenters. The Balaban J connectivity index is 3.05. The summed E-state index contributed by atoms with van der Waals surface area (Å²) >= 11 is 0. The molecule has 0 aliphatic rings. The number of anilines is 1. The van der Waals surface area contributed by atoms with Gasteiger partial charge in [-0.3, -0.25) is 9.89 Å². The van der Waals surface area contributed by atoms with Gasteiger partial charge in [0.05, 0.1) is 11.4 Å². The first-order valence-electron chi connectivity index (χ1n) is 6.15. The molecule has 5 heteroatoms. The average Bonchev–Trinajstić information content (AvgIpc) is 2.66. The molecule has 0 saturated heterocycles. The van der Waals surface area contributed by atoms with Gasteiger partial charge in [-0.1, -0.05) is 19.9 Å². The zero-order valence-electron chi connectivity index (χ0n) is 11.5. The molecule has 0 spiro atoms. The van der Waals surface area contributed by atoms with Gasteiger partial charge in [0.1, 0.15) is 0 Å². The molecular weight excluding hydrogens is 228 g/mol. The highest BCUT2D eigenvalue weighted by Gasteiger charge is 2.24. The number of nitrogens with one attached hydrogen (secondary N) is 1. The quantitative estimate of drug-likeness (QED) is 0.786. The first-order valence-corrected chi connectivity index (χ1v) is 6.15. The van der Waals surface area contributed by atoms with Crippen LogP contribution in [0.5, 0.6) is 0 Å². The normalized spacial score (nSPS) is 11.0. The number of rotatable bonds is 5. The molecule has 1 amide bonds. The molecule has 1 aromatic rings. The number of aromatic amines is 1. The van der Waals surface area contributed by atoms with Gasteiger partial charge < -0.3 is 10.6 Å². The molecule has 0 aliphatic carbocycles. The number of nitrogens with two attached hydrogens (primary N) is 1. The number of aromatic nitrogens is 2. The topological polar surface area (TPSA) is 75.0 Å². The number of hydrogen-bond acceptors (Lipinski definition) is 3. The van der Waals surface area contributed by atoms with E-state index in [2.05, 4.69) is 16.8 Å². The zero-order chi connectivity index (χ0) is 13.9. The highest BCUT2D eigenvalue weighted by Crippen LogP contribution is 2.23. The number of nitrogens with zero attached hydrogens (tertiary/aromatic N) is 2. The summed E-state index contributed by atoms with van der Waals surface area (Å²) < 4.78 is 0. The Bertz CT molecular complexity index is 434. The van der Waals surface area contributed by atoms with Crippen LogP contribution >= 0.6 is 0 Å². The van der Waals surface area contributed by atoms with Crippen LogP contribution in [0.1, 0.15) is 49.8 Å². The molecule has 1 rings (SSSR count). The largest absolute Gasteiger partial charge is 0.395 e. The molecule has 0 fully saturated rings. The van der Waals surface area contributed by atoms with Crippen LogP contribution in [-0.2, 0) is 0 Å². The van der Waals surface area contributed by atoms with Crippen LogP contribution in [-0.4, -0.2) is 33.6 Å². The Hall–Kier alpha value is -1.78. The fourth-order valence-corrected chi connectivity index (χ4v) is 1.77. The molecule has 0 saturated carbocycles. The average molecular weight is 250 g/mol. The van der Waals surface area contributed by atoms with E-state index in [0.29, 0.717) is 17.9 Å². The number of amides is 1. The lowest BCUT2D eigenvalue weighted by Crippen LogP contribution is -2.37. The maximum absolute atomic E-state index is 12.3. The Labute approximate surface area is 108 Å². The van der Waals surface area contributed by atoms with Gasteiger partial charge in [0, 0.05) is 12.6 Å². The van der Waals surface area contributed by atoms with Crippen molar-refractivity contribution in [1.82, 2.24) is 15.1 Å². The Morgan fingerprint density at radius 1 is 1.50 bits per heavy atom. The summed E-state index contributed by atoms with van der Waals surface area (Å²) in [6.45, 7) is 12.1. The van der Waals surface area contributed by atoms with E-state index < -0.39 is 0 Å². The third-order valence-electron chi connectivity index (χ3n) is 2.82. The van der Waals surface area contributed by atoms with E-state index in [1.807, 2.05) is 27.7 Å². The van der Waals surface area contributed by atoms with Gasteiger partial charge in [-0.2, -0.15) is 5.10 Å². The van der Waals surface area contributed by atoms with Crippen molar-refractivity contribution in [2.75, 3.05) is 12.3 Å². The lowest BCUT2D eigenvalue weighted by Gasteiger charge is -2.24. The third-order valence-corrected chi connectivity index (χ3v) is 2.82. The molecule has 100 valence electrons. The number of hydrogen-bond donors (Lipinski definition) is 2. The SMILES string of the molecule is C=CCN(C(=O)c1n[nH]c(C(C)C)c1N)C(C)C. The van der Waals surface area contributed by atoms with Crippen LogP contribution < -0.4 is 5.73 Å². The number of carbonyl (C=O) groups is 1. The van der Waals surface area contributed by atoms with Gasteiger partial charge in [-0.15, -0.1) is 6.58 Å². The minimum Gasteiger partial charge on any atom is -0.395 e. The fourth-order valence-electron chi connectivity index (χ4n) is 1.77. The van der Waals surface area contributed by atoms with E-state index in [4.69, 9.17) is 5.73 Å². The maximum Gasteiger partial charge on any atom is 0.277 e. The van der Waals surface area contributed by atoms with Crippen molar-refractivity contribution in [3.63, 3.8) is 0 Å². The Morgan fingerprint density at radius 2 is 2.11 bits per heavy atom. The van der Waals surface area contributed by atoms with E-state index in [9.17, 15) is 4.79 Å². The predicted molar refractivity (Wildman–Crippen MR) is 73.5 cm³/mol. The van der Waals surface area contributed by atoms with E-state index in [1.54, 1.807) is 11.0 Å². The first kappa shape index (κ1) is 14.3. The maximum atomic E-state index is 12.3. The van der Waals surface area contributed by atoms with Gasteiger partial charge in [0.2, 0.25) is 0 Å². The minimum absolute atomic E-state index is 0.0779. The molecular formula is C13H22N4O. The number of nitrogen functional groups attached to an aromatic ring is 1. The molecule has 18 heavy (non-hydrogen) atoms. The van der Waals surface area contributed by atoms with Crippen LogP contribution in [0, 0.1) is 0 Å². The van der Waals surface area contributed by atoms with Crippen LogP contribution in [0.15, 0.2) is 12.7 Å². The zero-order valence-corrected chi connectivity index (χ0v) is 11.5. The van der Waals surface area contributed by atoms with Crippen molar-refractivity contribution in [3.8, 4) is 0 Å². The summed E-state index contributed by atoms with van der Waals surface area (Å²) in [7, 11) is 0. The smallest absolute Gasteiger partial charge is 0.277 e. The summed E-state index contributed by atoms with van der Waals surface area (Å²) in [5.74, 6) is 0.0523. The Kier molecular flexibility index (Phi) is 4.53. The lowest BCUT2D eigenvalue weighted by molar-refractivity contribution is 0.0724. The minimum atomic E-state index is -0.162. The highest BCUT2D eigenvalue weighted by molar-refractivity contribution is 5.98. The number of carbonyl (C=O) groups excluding carboxylic acids is 1. The second-order valence-corrected chi connectivity index (χ2v) is 4.89. The van der Waals surface area contributed by atoms with Crippen molar-refractivity contribution in [3.05, 3.63) is 24.0 Å². The predicted octanol–water partition coefficient (Wildman–Crippen LogP) is 2.15. The summed E-state index contributed by atoms with van der Waals surface area (Å²) in [6, 6.07) is 0.0779. The highest BCUT2D eigenvalue weighted by atomic mass is 16.2. The summed E-state index contributed by atoms with van der Waals surface area (Å²) in [4.78, 5) is 14.0. The van der Waals surface area contributed by atoms with E-state index >= 15 is 0 Å². The monoisotopic (exact) mass is 250 g/mol. The second kappa shape index (κ2) is 5.71. The summed E-state index contributed by atoms with van der Waals surface area (Å²) in [5, 5.41) is 6.89. The first-order chi connectivity index (χ1) is 8.40. The van der Waals surface area contributed by atoms with E-state index in [1.165, 1.54) is 0 Å². The number of H-pyrrole nitrogens is 1. The van der Waals surface area contributed by atoms with Crippen molar-refractivity contribution in [1.29, 1.82) is 0 Å². The standard InChI is InChI=1S/C13H22N4O/c1-6-7-17(9(4)5)13(18)12-10(14)11(8(2)3)15-16-12/h6,8-9H,1,7,14H2,2-5H3,(H,15,16). The second-order valence-electron chi connectivity index (χ2n) is 4.89. The molecule has 0 aromatic carbocycles. The Morgan fingerprint density at radius 3 is 2.50 bits per heavy atom. The fraction of sp³-hybridized carbons (Fsp3) is 0.538. The van der Waals surface area contributed by atoms with Crippen LogP contribution in [0.2, 0.25) is 0 Å². The van der Waals surface area contributed by atoms with Crippen molar-refractivity contribution >= 4 is 11.6 Å². The van der Waals surface area contributed by atoms with Gasteiger partial charge in [0.25, 0.3) is 5.91 Å². The lowest BCUT2D eigenvalue weighted by atomic mass is 10.1. The summed E-state index contributed by atoms with van der Waals surface area (Å²) in [5.41, 5.74) is 7.53. The van der Waals surface area contributed by atoms with Gasteiger partial charge >= 0.3 is 0 Å². The summed E-state index contributed by atoms with van der Waals surface area (Å²) in [6.07, 6.45) is 1.70. The van der Waals surface area contributed by atoms with Crippen LogP contribution in [0.3, 0.4) is 0 Å². The molecule has 5 nitrogen and oxygen atoms in total. The molecule has 3 N–H and O–H groups in total. The molecule has 1 heterocycles. The molecule has 1 aromatic heterocycles. The van der Waals surface area contributed by atoms with Crippen molar-refractivity contribution in [2.24, 2.45) is 0 Å². The molecule has 0 atom stereocenters. The van der Waals surface area contributed by atoms with Crippen LogP contribution in [0.4, 0.5) is 5.69 Å². The van der Waals surface area contributed by atoms with E-state index in [-0.39, 0.29) is 17.9 Å². The van der Waals surface area contributed by atoms with Gasteiger partial charge in [0.15, 0.2) is 5.69 Å². The van der Waals surface area contributed by atoms with Crippen LogP contribution in [0.25, 0.3) is 0 Å². The molecule has 0 radical (unpaired) electrons. The third kappa shape index (κ3) is 2.72. The van der Waals surface area contributed by atoms with Gasteiger partial charge in [-0.05, 0) is 19.8 Å². The molecule has 0 bridgehead atoms. The van der Waals surface area contributed by atoms with Crippen molar-refractivity contribution < 1.29 is 4.79 Å². The van der Waals surface area contributed by atoms with Gasteiger partial charge in [-0.25, -0.2) is 0 Å². The molecule has 0 aliphatic heterocycles. The van der Waals surface area contributed by atoms with Crippen molar-refractivity contribution in [2.45, 2.75) is 39.7 Å². The van der Waals surface area contributed by atoms with E-state index in [0.717, 1.165) is 5.69 Å².